The lowest BCUT2D eigenvalue weighted by atomic mass is 10.0. The molecule has 0 bridgehead atoms. The zero-order chi connectivity index (χ0) is 15.8. The molecule has 0 amide bonds. The standard InChI is InChI=1S/C16H26Cl2N2O/c1-4-9-19-15(8-10-20(3)12(2)11-21)13-6-5-7-14(17)16(13)18/h5-7,12,15,19,21H,4,8-11H2,1-3H3. The largest absolute Gasteiger partial charge is 0.395 e. The normalized spacial score (nSPS) is 14.4. The van der Waals surface area contributed by atoms with Crippen molar-refractivity contribution in [1.29, 1.82) is 0 Å². The summed E-state index contributed by atoms with van der Waals surface area (Å²) in [5.74, 6) is 0. The molecule has 0 spiro atoms. The fraction of sp³-hybridized carbons (Fsp3) is 0.625. The van der Waals surface area contributed by atoms with Gasteiger partial charge in [-0.05, 0) is 45.0 Å². The molecule has 2 atom stereocenters. The van der Waals surface area contributed by atoms with Gasteiger partial charge in [-0.1, -0.05) is 42.3 Å². The molecule has 1 aromatic carbocycles. The molecule has 0 aromatic heterocycles. The van der Waals surface area contributed by atoms with E-state index in [4.69, 9.17) is 23.2 Å². The second-order valence-corrected chi connectivity index (χ2v) is 6.24. The van der Waals surface area contributed by atoms with Crippen LogP contribution in [0, 0.1) is 0 Å². The summed E-state index contributed by atoms with van der Waals surface area (Å²) < 4.78 is 0. The number of benzene rings is 1. The molecule has 0 heterocycles. The number of aliphatic hydroxyl groups excluding tert-OH is 1. The van der Waals surface area contributed by atoms with Crippen LogP contribution in [-0.2, 0) is 0 Å². The smallest absolute Gasteiger partial charge is 0.0640 e. The minimum atomic E-state index is 0.159. The van der Waals surface area contributed by atoms with Crippen molar-refractivity contribution in [2.24, 2.45) is 0 Å². The second kappa shape index (κ2) is 9.65. The van der Waals surface area contributed by atoms with Gasteiger partial charge in [0.2, 0.25) is 0 Å². The molecular formula is C16H26Cl2N2O. The van der Waals surface area contributed by atoms with Crippen molar-refractivity contribution >= 4 is 23.2 Å². The van der Waals surface area contributed by atoms with Crippen molar-refractivity contribution in [1.82, 2.24) is 10.2 Å². The van der Waals surface area contributed by atoms with Crippen molar-refractivity contribution in [3.63, 3.8) is 0 Å². The quantitative estimate of drug-likeness (QED) is 0.723. The zero-order valence-corrected chi connectivity index (χ0v) is 14.6. The summed E-state index contributed by atoms with van der Waals surface area (Å²) in [4.78, 5) is 2.15. The van der Waals surface area contributed by atoms with Crippen LogP contribution in [0.3, 0.4) is 0 Å². The van der Waals surface area contributed by atoms with Gasteiger partial charge in [0.1, 0.15) is 0 Å². The topological polar surface area (TPSA) is 35.5 Å². The van der Waals surface area contributed by atoms with Crippen molar-refractivity contribution in [2.45, 2.75) is 38.8 Å². The van der Waals surface area contributed by atoms with Gasteiger partial charge in [0.25, 0.3) is 0 Å². The summed E-state index contributed by atoms with van der Waals surface area (Å²) >= 11 is 12.5. The summed E-state index contributed by atoms with van der Waals surface area (Å²) in [5, 5.41) is 14.0. The number of aliphatic hydroxyl groups is 1. The van der Waals surface area contributed by atoms with E-state index in [-0.39, 0.29) is 18.7 Å². The van der Waals surface area contributed by atoms with Gasteiger partial charge >= 0.3 is 0 Å². The molecule has 5 heteroatoms. The van der Waals surface area contributed by atoms with Gasteiger partial charge in [-0.25, -0.2) is 0 Å². The number of hydrogen-bond donors (Lipinski definition) is 2. The van der Waals surface area contributed by atoms with Gasteiger partial charge in [0.05, 0.1) is 16.7 Å². The molecule has 120 valence electrons. The molecule has 21 heavy (non-hydrogen) atoms. The molecule has 0 aliphatic carbocycles. The lowest BCUT2D eigenvalue weighted by molar-refractivity contribution is 0.154. The molecular weight excluding hydrogens is 307 g/mol. The summed E-state index contributed by atoms with van der Waals surface area (Å²) in [6.07, 6.45) is 1.98. The average molecular weight is 333 g/mol. The predicted octanol–water partition coefficient (Wildman–Crippen LogP) is 3.74. The Morgan fingerprint density at radius 1 is 1.33 bits per heavy atom. The highest BCUT2D eigenvalue weighted by molar-refractivity contribution is 6.42. The molecule has 1 rings (SSSR count). The number of likely N-dealkylation sites (N-methyl/N-ethyl adjacent to an activating group) is 1. The third kappa shape index (κ3) is 5.76. The zero-order valence-electron chi connectivity index (χ0n) is 13.1. The number of nitrogens with one attached hydrogen (secondary N) is 1. The summed E-state index contributed by atoms with van der Waals surface area (Å²) in [6.45, 7) is 6.14. The SMILES string of the molecule is CCCNC(CCN(C)C(C)CO)c1cccc(Cl)c1Cl. The maximum atomic E-state index is 9.21. The average Bonchev–Trinajstić information content (AvgIpc) is 2.49. The van der Waals surface area contributed by atoms with E-state index < -0.39 is 0 Å². The Kier molecular flexibility index (Phi) is 8.60. The van der Waals surface area contributed by atoms with E-state index in [0.717, 1.165) is 31.5 Å². The van der Waals surface area contributed by atoms with E-state index in [2.05, 4.69) is 17.1 Å². The van der Waals surface area contributed by atoms with E-state index >= 15 is 0 Å². The van der Waals surface area contributed by atoms with E-state index in [1.807, 2.05) is 32.2 Å². The van der Waals surface area contributed by atoms with Gasteiger partial charge in [-0.3, -0.25) is 0 Å². The van der Waals surface area contributed by atoms with Crippen LogP contribution in [0.25, 0.3) is 0 Å². The van der Waals surface area contributed by atoms with Crippen LogP contribution in [0.5, 0.6) is 0 Å². The van der Waals surface area contributed by atoms with Crippen LogP contribution in [0.4, 0.5) is 0 Å². The van der Waals surface area contributed by atoms with Gasteiger partial charge in [0, 0.05) is 18.6 Å². The summed E-state index contributed by atoms with van der Waals surface area (Å²) in [5.41, 5.74) is 1.04. The third-order valence-electron chi connectivity index (χ3n) is 3.78. The molecule has 3 nitrogen and oxygen atoms in total. The number of halogens is 2. The van der Waals surface area contributed by atoms with Gasteiger partial charge in [0.15, 0.2) is 0 Å². The Morgan fingerprint density at radius 3 is 2.67 bits per heavy atom. The Morgan fingerprint density at radius 2 is 2.05 bits per heavy atom. The molecule has 0 radical (unpaired) electrons. The first kappa shape index (κ1) is 18.7. The van der Waals surface area contributed by atoms with E-state index in [1.165, 1.54) is 0 Å². The minimum Gasteiger partial charge on any atom is -0.395 e. The number of hydrogen-bond acceptors (Lipinski definition) is 3. The van der Waals surface area contributed by atoms with Gasteiger partial charge in [-0.2, -0.15) is 0 Å². The fourth-order valence-corrected chi connectivity index (χ4v) is 2.61. The maximum Gasteiger partial charge on any atom is 0.0640 e. The number of nitrogens with zero attached hydrogens (tertiary/aromatic N) is 1. The summed E-state index contributed by atoms with van der Waals surface area (Å²) in [7, 11) is 2.03. The Labute approximate surface area is 138 Å². The molecule has 0 fully saturated rings. The van der Waals surface area contributed by atoms with Crippen LogP contribution in [0.15, 0.2) is 18.2 Å². The monoisotopic (exact) mass is 332 g/mol. The Bertz CT molecular complexity index is 429. The van der Waals surface area contributed by atoms with Crippen molar-refractivity contribution in [3.05, 3.63) is 33.8 Å². The van der Waals surface area contributed by atoms with Crippen molar-refractivity contribution < 1.29 is 5.11 Å². The molecule has 2 unspecified atom stereocenters. The lowest BCUT2D eigenvalue weighted by Gasteiger charge is -2.27. The van der Waals surface area contributed by atoms with Crippen LogP contribution >= 0.6 is 23.2 Å². The first-order valence-electron chi connectivity index (χ1n) is 7.49. The fourth-order valence-electron chi connectivity index (χ4n) is 2.17. The summed E-state index contributed by atoms with van der Waals surface area (Å²) in [6, 6.07) is 6.10. The van der Waals surface area contributed by atoms with Crippen LogP contribution in [0.1, 0.15) is 38.3 Å². The Balaban J connectivity index is 2.78. The highest BCUT2D eigenvalue weighted by Crippen LogP contribution is 2.31. The molecule has 1 aromatic rings. The molecule has 0 saturated heterocycles. The predicted molar refractivity (Wildman–Crippen MR) is 91.3 cm³/mol. The first-order chi connectivity index (χ1) is 10.0. The van der Waals surface area contributed by atoms with Crippen LogP contribution in [-0.4, -0.2) is 42.8 Å². The van der Waals surface area contributed by atoms with Gasteiger partial charge in [-0.15, -0.1) is 0 Å². The molecule has 2 N–H and O–H groups in total. The molecule has 0 aliphatic heterocycles. The third-order valence-corrected chi connectivity index (χ3v) is 4.62. The number of rotatable bonds is 9. The van der Waals surface area contributed by atoms with Crippen molar-refractivity contribution in [3.8, 4) is 0 Å². The molecule has 0 saturated carbocycles. The molecule has 0 aliphatic rings. The van der Waals surface area contributed by atoms with E-state index in [1.54, 1.807) is 0 Å². The highest BCUT2D eigenvalue weighted by atomic mass is 35.5. The lowest BCUT2D eigenvalue weighted by Crippen LogP contribution is -2.35. The van der Waals surface area contributed by atoms with Crippen LogP contribution < -0.4 is 5.32 Å². The van der Waals surface area contributed by atoms with E-state index in [0.29, 0.717) is 10.0 Å². The highest BCUT2D eigenvalue weighted by Gasteiger charge is 2.17. The van der Waals surface area contributed by atoms with Gasteiger partial charge < -0.3 is 15.3 Å². The second-order valence-electron chi connectivity index (χ2n) is 5.45. The minimum absolute atomic E-state index is 0.159. The Hall–Kier alpha value is -0.320. The van der Waals surface area contributed by atoms with Crippen LogP contribution in [0.2, 0.25) is 10.0 Å². The first-order valence-corrected chi connectivity index (χ1v) is 8.25. The van der Waals surface area contributed by atoms with E-state index in [9.17, 15) is 5.11 Å². The van der Waals surface area contributed by atoms with Crippen molar-refractivity contribution in [2.75, 3.05) is 26.7 Å². The maximum absolute atomic E-state index is 9.21.